The summed E-state index contributed by atoms with van der Waals surface area (Å²) in [5, 5.41) is 10.3. The molecule has 0 spiro atoms. The van der Waals surface area contributed by atoms with Crippen molar-refractivity contribution in [2.75, 3.05) is 39.3 Å². The number of carbonyl (C=O) groups is 1. The number of aromatic amines is 1. The van der Waals surface area contributed by atoms with Gasteiger partial charge in [0, 0.05) is 12.5 Å². The number of H-pyrrole nitrogens is 1. The van der Waals surface area contributed by atoms with Crippen molar-refractivity contribution in [1.82, 2.24) is 25.4 Å². The van der Waals surface area contributed by atoms with Crippen LogP contribution in [0.4, 0.5) is 0 Å². The molecule has 3 rings (SSSR count). The number of aromatic nitrogens is 3. The molecule has 2 N–H and O–H groups in total. The van der Waals surface area contributed by atoms with Gasteiger partial charge in [0.2, 0.25) is 0 Å². The maximum absolute atomic E-state index is 11.6. The van der Waals surface area contributed by atoms with Crippen molar-refractivity contribution in [3.63, 3.8) is 0 Å². The lowest BCUT2D eigenvalue weighted by atomic mass is 9.93. The molecule has 2 fully saturated rings. The van der Waals surface area contributed by atoms with E-state index >= 15 is 0 Å². The van der Waals surface area contributed by atoms with E-state index in [1.165, 1.54) is 19.4 Å². The molecule has 0 radical (unpaired) electrons. The Morgan fingerprint density at radius 1 is 1.25 bits per heavy atom. The lowest BCUT2D eigenvalue weighted by molar-refractivity contribution is 0.0512. The van der Waals surface area contributed by atoms with Crippen LogP contribution in [0.25, 0.3) is 0 Å². The van der Waals surface area contributed by atoms with Gasteiger partial charge in [0.15, 0.2) is 0 Å². The van der Waals surface area contributed by atoms with Crippen molar-refractivity contribution >= 4 is 18.4 Å². The zero-order valence-corrected chi connectivity index (χ0v) is 15.1. The molecule has 7 nitrogen and oxygen atoms in total. The summed E-state index contributed by atoms with van der Waals surface area (Å²) in [7, 11) is 0. The second-order valence-electron chi connectivity index (χ2n) is 6.53. The van der Waals surface area contributed by atoms with Gasteiger partial charge in [0.1, 0.15) is 5.82 Å². The van der Waals surface area contributed by atoms with E-state index in [0.29, 0.717) is 12.5 Å². The number of esters is 1. The molecule has 24 heavy (non-hydrogen) atoms. The summed E-state index contributed by atoms with van der Waals surface area (Å²) in [4.78, 5) is 18.5. The van der Waals surface area contributed by atoms with Gasteiger partial charge in [-0.1, -0.05) is 0 Å². The van der Waals surface area contributed by atoms with Gasteiger partial charge in [-0.05, 0) is 64.7 Å². The highest BCUT2D eigenvalue weighted by atomic mass is 35.5. The second-order valence-corrected chi connectivity index (χ2v) is 6.53. The average Bonchev–Trinajstić information content (AvgIpc) is 3.07. The molecule has 1 aromatic heterocycles. The molecule has 0 aromatic carbocycles. The third kappa shape index (κ3) is 4.91. The van der Waals surface area contributed by atoms with Crippen molar-refractivity contribution in [2.24, 2.45) is 5.92 Å². The minimum Gasteiger partial charge on any atom is -0.460 e. The average molecular weight is 358 g/mol. The summed E-state index contributed by atoms with van der Waals surface area (Å²) in [6.07, 6.45) is 4.74. The predicted octanol–water partition coefficient (Wildman–Crippen LogP) is 1.58. The van der Waals surface area contributed by atoms with Crippen molar-refractivity contribution in [3.8, 4) is 0 Å². The van der Waals surface area contributed by atoms with Gasteiger partial charge in [-0.3, -0.25) is 5.10 Å². The van der Waals surface area contributed by atoms with Gasteiger partial charge in [0.05, 0.1) is 6.61 Å². The summed E-state index contributed by atoms with van der Waals surface area (Å²) < 4.78 is 4.93. The normalized spacial score (nSPS) is 20.5. The van der Waals surface area contributed by atoms with Crippen LogP contribution in [0, 0.1) is 5.92 Å². The Morgan fingerprint density at radius 3 is 2.62 bits per heavy atom. The second kappa shape index (κ2) is 9.34. The van der Waals surface area contributed by atoms with Gasteiger partial charge in [-0.25, -0.2) is 9.78 Å². The van der Waals surface area contributed by atoms with Crippen LogP contribution < -0.4 is 5.32 Å². The number of likely N-dealkylation sites (tertiary alicyclic amines) is 1. The minimum absolute atomic E-state index is 0. The Morgan fingerprint density at radius 2 is 1.96 bits per heavy atom. The van der Waals surface area contributed by atoms with Crippen LogP contribution in [0.3, 0.4) is 0 Å². The third-order valence-corrected chi connectivity index (χ3v) is 4.91. The lowest BCUT2D eigenvalue weighted by Gasteiger charge is -2.34. The maximum Gasteiger partial charge on any atom is 0.378 e. The molecular formula is C16H28ClN5O2. The van der Waals surface area contributed by atoms with Crippen molar-refractivity contribution in [2.45, 2.75) is 38.5 Å². The molecule has 0 unspecified atom stereocenters. The van der Waals surface area contributed by atoms with Crippen LogP contribution >= 0.6 is 12.4 Å². The number of nitrogens with zero attached hydrogens (tertiary/aromatic N) is 3. The molecule has 136 valence electrons. The standard InChI is InChI=1S/C16H27N5O2.ClH/c1-2-23-16(22)15-18-14(19-20-15)13-5-9-21(10-6-13)11-12-3-7-17-8-4-12;/h12-13,17H,2-11H2,1H3,(H,18,19,20);1H. The minimum atomic E-state index is -0.446. The fraction of sp³-hybridized carbons (Fsp3) is 0.812. The topological polar surface area (TPSA) is 83.1 Å². The summed E-state index contributed by atoms with van der Waals surface area (Å²) >= 11 is 0. The molecule has 0 amide bonds. The third-order valence-electron chi connectivity index (χ3n) is 4.91. The van der Waals surface area contributed by atoms with Crippen molar-refractivity contribution < 1.29 is 9.53 Å². The maximum atomic E-state index is 11.6. The number of halogens is 1. The quantitative estimate of drug-likeness (QED) is 0.778. The van der Waals surface area contributed by atoms with Crippen LogP contribution in [-0.2, 0) is 4.74 Å². The summed E-state index contributed by atoms with van der Waals surface area (Å²) in [6, 6.07) is 0. The first-order valence-corrected chi connectivity index (χ1v) is 8.78. The van der Waals surface area contributed by atoms with Gasteiger partial charge < -0.3 is 15.0 Å². The summed E-state index contributed by atoms with van der Waals surface area (Å²) in [5.41, 5.74) is 0. The SMILES string of the molecule is CCOC(=O)c1n[nH]c(C2CCN(CC3CCNCC3)CC2)n1.Cl. The predicted molar refractivity (Wildman–Crippen MR) is 93.6 cm³/mol. The fourth-order valence-electron chi connectivity index (χ4n) is 3.56. The highest BCUT2D eigenvalue weighted by Crippen LogP contribution is 2.26. The van der Waals surface area contributed by atoms with E-state index in [1.54, 1.807) is 6.92 Å². The monoisotopic (exact) mass is 357 g/mol. The van der Waals surface area contributed by atoms with Gasteiger partial charge in [-0.15, -0.1) is 17.5 Å². The molecule has 0 atom stereocenters. The fourth-order valence-corrected chi connectivity index (χ4v) is 3.56. The van der Waals surface area contributed by atoms with Gasteiger partial charge in [0.25, 0.3) is 5.82 Å². The number of hydrogen-bond acceptors (Lipinski definition) is 6. The summed E-state index contributed by atoms with van der Waals surface area (Å²) in [5.74, 6) is 1.75. The molecule has 2 saturated heterocycles. The Labute approximate surface area is 149 Å². The Bertz CT molecular complexity index is 510. The number of hydrogen-bond donors (Lipinski definition) is 2. The number of rotatable bonds is 5. The number of carbonyl (C=O) groups excluding carboxylic acids is 1. The van der Waals surface area contributed by atoms with Crippen LogP contribution in [0.5, 0.6) is 0 Å². The molecule has 1 aromatic rings. The smallest absolute Gasteiger partial charge is 0.378 e. The van der Waals surface area contributed by atoms with Crippen LogP contribution in [0.1, 0.15) is 55.0 Å². The molecule has 2 aliphatic rings. The molecule has 0 bridgehead atoms. The number of ether oxygens (including phenoxy) is 1. The van der Waals surface area contributed by atoms with Gasteiger partial charge in [-0.2, -0.15) is 0 Å². The Kier molecular flexibility index (Phi) is 7.45. The first-order valence-electron chi connectivity index (χ1n) is 8.78. The molecule has 8 heteroatoms. The molecule has 0 aliphatic carbocycles. The van der Waals surface area contributed by atoms with Crippen LogP contribution in [-0.4, -0.2) is 65.4 Å². The van der Waals surface area contributed by atoms with Crippen molar-refractivity contribution in [1.29, 1.82) is 0 Å². The zero-order chi connectivity index (χ0) is 16.1. The molecular weight excluding hydrogens is 330 g/mol. The lowest BCUT2D eigenvalue weighted by Crippen LogP contribution is -2.40. The highest BCUT2D eigenvalue weighted by molar-refractivity contribution is 5.85. The Balaban J connectivity index is 0.00000208. The van der Waals surface area contributed by atoms with Crippen LogP contribution in [0.2, 0.25) is 0 Å². The van der Waals surface area contributed by atoms with Gasteiger partial charge >= 0.3 is 5.97 Å². The summed E-state index contributed by atoms with van der Waals surface area (Å²) in [6.45, 7) is 7.87. The van der Waals surface area contributed by atoms with E-state index in [4.69, 9.17) is 4.74 Å². The van der Waals surface area contributed by atoms with E-state index in [1.807, 2.05) is 0 Å². The first kappa shape index (κ1) is 19.1. The van der Waals surface area contributed by atoms with Crippen molar-refractivity contribution in [3.05, 3.63) is 11.6 Å². The van der Waals surface area contributed by atoms with E-state index in [0.717, 1.165) is 50.8 Å². The molecule has 3 heterocycles. The highest BCUT2D eigenvalue weighted by Gasteiger charge is 2.26. The van der Waals surface area contributed by atoms with E-state index in [-0.39, 0.29) is 18.2 Å². The zero-order valence-electron chi connectivity index (χ0n) is 14.3. The molecule has 2 aliphatic heterocycles. The molecule has 0 saturated carbocycles. The van der Waals surface area contributed by atoms with E-state index in [2.05, 4.69) is 25.4 Å². The van der Waals surface area contributed by atoms with E-state index < -0.39 is 5.97 Å². The van der Waals surface area contributed by atoms with E-state index in [9.17, 15) is 4.79 Å². The largest absolute Gasteiger partial charge is 0.460 e. The first-order chi connectivity index (χ1) is 11.3. The number of nitrogens with one attached hydrogen (secondary N) is 2. The van der Waals surface area contributed by atoms with Crippen LogP contribution in [0.15, 0.2) is 0 Å². The Hall–Kier alpha value is -1.18. The number of piperidine rings is 2.